The summed E-state index contributed by atoms with van der Waals surface area (Å²) in [6, 6.07) is 0. The molecule has 0 aliphatic heterocycles. The minimum atomic E-state index is 0.688. The number of thiol groups is 1. The fourth-order valence-corrected chi connectivity index (χ4v) is 1.97. The molecule has 1 unspecified atom stereocenters. The smallest absolute Gasteiger partial charge is 0.00424 e. The molecule has 0 saturated heterocycles. The standard InChI is InChI=1S/C8H16S/c1-2-8(9)7-5-3-4-6-7/h7-9H,2-6H2,1H3. The van der Waals surface area contributed by atoms with Crippen LogP contribution in [0.15, 0.2) is 0 Å². The van der Waals surface area contributed by atoms with Crippen LogP contribution in [0, 0.1) is 5.92 Å². The van der Waals surface area contributed by atoms with E-state index in [0.29, 0.717) is 5.25 Å². The van der Waals surface area contributed by atoms with Crippen LogP contribution in [0.25, 0.3) is 0 Å². The van der Waals surface area contributed by atoms with Gasteiger partial charge in [-0.25, -0.2) is 0 Å². The van der Waals surface area contributed by atoms with Crippen LogP contribution in [0.5, 0.6) is 0 Å². The van der Waals surface area contributed by atoms with Crippen molar-refractivity contribution < 1.29 is 0 Å². The van der Waals surface area contributed by atoms with Gasteiger partial charge >= 0.3 is 0 Å². The molecule has 1 aliphatic carbocycles. The van der Waals surface area contributed by atoms with Gasteiger partial charge in [0.2, 0.25) is 0 Å². The average molecular weight is 144 g/mol. The second kappa shape index (κ2) is 3.50. The van der Waals surface area contributed by atoms with Gasteiger partial charge in [-0.2, -0.15) is 12.6 Å². The Morgan fingerprint density at radius 3 is 2.44 bits per heavy atom. The Morgan fingerprint density at radius 1 is 1.44 bits per heavy atom. The van der Waals surface area contributed by atoms with E-state index in [0.717, 1.165) is 5.92 Å². The molecule has 0 aromatic carbocycles. The molecule has 1 rings (SSSR count). The number of hydrogen-bond acceptors (Lipinski definition) is 1. The van der Waals surface area contributed by atoms with E-state index in [1.54, 1.807) is 0 Å². The van der Waals surface area contributed by atoms with Gasteiger partial charge in [0.15, 0.2) is 0 Å². The average Bonchev–Trinajstić information content (AvgIpc) is 2.37. The van der Waals surface area contributed by atoms with Gasteiger partial charge in [0.25, 0.3) is 0 Å². The van der Waals surface area contributed by atoms with Crippen molar-refractivity contribution in [3.63, 3.8) is 0 Å². The number of hydrogen-bond donors (Lipinski definition) is 1. The third-order valence-corrected chi connectivity index (χ3v) is 3.15. The molecule has 1 atom stereocenters. The van der Waals surface area contributed by atoms with Gasteiger partial charge in [-0.3, -0.25) is 0 Å². The largest absolute Gasteiger partial charge is 0.176 e. The van der Waals surface area contributed by atoms with E-state index in [1.165, 1.54) is 32.1 Å². The lowest BCUT2D eigenvalue weighted by Crippen LogP contribution is -2.09. The Morgan fingerprint density at radius 2 is 2.00 bits per heavy atom. The lowest BCUT2D eigenvalue weighted by molar-refractivity contribution is 0.514. The Hall–Kier alpha value is 0.350. The summed E-state index contributed by atoms with van der Waals surface area (Å²) >= 11 is 4.53. The molecule has 54 valence electrons. The molecular weight excluding hydrogens is 128 g/mol. The molecule has 1 aliphatic rings. The molecule has 0 radical (unpaired) electrons. The van der Waals surface area contributed by atoms with Gasteiger partial charge in [-0.05, 0) is 25.2 Å². The van der Waals surface area contributed by atoms with Crippen molar-refractivity contribution in [2.45, 2.75) is 44.3 Å². The van der Waals surface area contributed by atoms with Crippen LogP contribution in [-0.2, 0) is 0 Å². The fourth-order valence-electron chi connectivity index (χ4n) is 1.68. The summed E-state index contributed by atoms with van der Waals surface area (Å²) in [5.74, 6) is 0.943. The lowest BCUT2D eigenvalue weighted by atomic mass is 10.0. The van der Waals surface area contributed by atoms with E-state index in [2.05, 4.69) is 19.6 Å². The Balaban J connectivity index is 2.24. The summed E-state index contributed by atoms with van der Waals surface area (Å²) in [5.41, 5.74) is 0. The molecule has 0 heterocycles. The highest BCUT2D eigenvalue weighted by Crippen LogP contribution is 2.31. The zero-order valence-electron chi connectivity index (χ0n) is 6.14. The maximum absolute atomic E-state index is 4.53. The van der Waals surface area contributed by atoms with Crippen molar-refractivity contribution in [1.29, 1.82) is 0 Å². The van der Waals surface area contributed by atoms with Crippen LogP contribution in [0.4, 0.5) is 0 Å². The van der Waals surface area contributed by atoms with Crippen molar-refractivity contribution in [3.8, 4) is 0 Å². The van der Waals surface area contributed by atoms with E-state index in [1.807, 2.05) is 0 Å². The van der Waals surface area contributed by atoms with Crippen molar-refractivity contribution in [1.82, 2.24) is 0 Å². The van der Waals surface area contributed by atoms with Gasteiger partial charge < -0.3 is 0 Å². The summed E-state index contributed by atoms with van der Waals surface area (Å²) in [6.07, 6.45) is 7.00. The molecule has 1 heteroatoms. The molecule has 9 heavy (non-hydrogen) atoms. The molecule has 0 nitrogen and oxygen atoms in total. The Bertz CT molecular complexity index is 74.6. The molecule has 0 amide bonds. The summed E-state index contributed by atoms with van der Waals surface area (Å²) in [4.78, 5) is 0. The Kier molecular flexibility index (Phi) is 2.90. The van der Waals surface area contributed by atoms with Gasteiger partial charge in [-0.15, -0.1) is 0 Å². The molecule has 0 bridgehead atoms. The predicted octanol–water partition coefficient (Wildman–Crippen LogP) is 2.89. The third-order valence-electron chi connectivity index (χ3n) is 2.36. The minimum Gasteiger partial charge on any atom is -0.176 e. The van der Waals surface area contributed by atoms with E-state index in [9.17, 15) is 0 Å². The first-order chi connectivity index (χ1) is 4.34. The van der Waals surface area contributed by atoms with E-state index < -0.39 is 0 Å². The highest BCUT2D eigenvalue weighted by Gasteiger charge is 2.20. The summed E-state index contributed by atoms with van der Waals surface area (Å²) < 4.78 is 0. The molecule has 1 fully saturated rings. The van der Waals surface area contributed by atoms with Crippen molar-refractivity contribution in [2.24, 2.45) is 5.92 Å². The monoisotopic (exact) mass is 144 g/mol. The summed E-state index contributed by atoms with van der Waals surface area (Å²) in [5, 5.41) is 0.688. The molecule has 0 N–H and O–H groups in total. The Labute approximate surface area is 63.4 Å². The van der Waals surface area contributed by atoms with Crippen LogP contribution in [0.2, 0.25) is 0 Å². The highest BCUT2D eigenvalue weighted by atomic mass is 32.1. The van der Waals surface area contributed by atoms with Crippen LogP contribution >= 0.6 is 12.6 Å². The van der Waals surface area contributed by atoms with E-state index in [4.69, 9.17) is 0 Å². The van der Waals surface area contributed by atoms with Crippen molar-refractivity contribution in [2.75, 3.05) is 0 Å². The first-order valence-corrected chi connectivity index (χ1v) is 4.54. The van der Waals surface area contributed by atoms with Crippen LogP contribution in [-0.4, -0.2) is 5.25 Å². The van der Waals surface area contributed by atoms with E-state index in [-0.39, 0.29) is 0 Å². The first-order valence-electron chi connectivity index (χ1n) is 4.02. The lowest BCUT2D eigenvalue weighted by Gasteiger charge is -2.14. The van der Waals surface area contributed by atoms with Crippen LogP contribution in [0.1, 0.15) is 39.0 Å². The molecular formula is C8H16S. The van der Waals surface area contributed by atoms with Gasteiger partial charge in [0.05, 0.1) is 0 Å². The van der Waals surface area contributed by atoms with Crippen LogP contribution in [0.3, 0.4) is 0 Å². The quantitative estimate of drug-likeness (QED) is 0.566. The van der Waals surface area contributed by atoms with E-state index >= 15 is 0 Å². The zero-order valence-corrected chi connectivity index (χ0v) is 7.03. The second-order valence-corrected chi connectivity index (χ2v) is 3.68. The SMILES string of the molecule is CCC(S)C1CCCC1. The second-order valence-electron chi connectivity index (χ2n) is 3.02. The molecule has 0 aromatic rings. The fraction of sp³-hybridized carbons (Fsp3) is 1.00. The van der Waals surface area contributed by atoms with Gasteiger partial charge in [0.1, 0.15) is 0 Å². The topological polar surface area (TPSA) is 0 Å². The van der Waals surface area contributed by atoms with Gasteiger partial charge in [-0.1, -0.05) is 19.8 Å². The first kappa shape index (κ1) is 7.46. The van der Waals surface area contributed by atoms with Gasteiger partial charge in [0, 0.05) is 5.25 Å². The highest BCUT2D eigenvalue weighted by molar-refractivity contribution is 7.81. The summed E-state index contributed by atoms with van der Waals surface area (Å²) in [6.45, 7) is 2.23. The zero-order chi connectivity index (χ0) is 6.69. The van der Waals surface area contributed by atoms with Crippen LogP contribution < -0.4 is 0 Å². The molecule has 0 aromatic heterocycles. The predicted molar refractivity (Wildman–Crippen MR) is 45.0 cm³/mol. The minimum absolute atomic E-state index is 0.688. The third kappa shape index (κ3) is 1.89. The molecule has 0 spiro atoms. The maximum Gasteiger partial charge on any atom is 0.00424 e. The van der Waals surface area contributed by atoms with Crippen molar-refractivity contribution in [3.05, 3.63) is 0 Å². The normalized spacial score (nSPS) is 24.7. The summed E-state index contributed by atoms with van der Waals surface area (Å²) in [7, 11) is 0. The number of rotatable bonds is 2. The van der Waals surface area contributed by atoms with Crippen molar-refractivity contribution >= 4 is 12.6 Å². The maximum atomic E-state index is 4.53. The molecule has 1 saturated carbocycles.